The number of nitrogens with one attached hydrogen (secondary N) is 1. The minimum absolute atomic E-state index is 0.491. The van der Waals surface area contributed by atoms with Crippen LogP contribution in [0.15, 0.2) is 24.3 Å². The van der Waals surface area contributed by atoms with Gasteiger partial charge in [-0.2, -0.15) is 0 Å². The SMILES string of the molecule is CCNC(C)(CCCOc1cccc(COC)c1)C(=O)O. The van der Waals surface area contributed by atoms with Gasteiger partial charge in [-0.3, -0.25) is 4.79 Å². The van der Waals surface area contributed by atoms with Crippen molar-refractivity contribution in [3.8, 4) is 5.75 Å². The summed E-state index contributed by atoms with van der Waals surface area (Å²) in [6, 6.07) is 7.72. The maximum absolute atomic E-state index is 11.3. The molecule has 5 heteroatoms. The predicted octanol–water partition coefficient (Wildman–Crippen LogP) is 2.44. The Hall–Kier alpha value is -1.59. The molecule has 0 aliphatic heterocycles. The quantitative estimate of drug-likeness (QED) is 0.649. The molecule has 0 bridgehead atoms. The highest BCUT2D eigenvalue weighted by Crippen LogP contribution is 2.16. The van der Waals surface area contributed by atoms with E-state index < -0.39 is 11.5 Å². The molecule has 1 aromatic rings. The maximum Gasteiger partial charge on any atom is 0.323 e. The molecule has 0 fully saturated rings. The van der Waals surface area contributed by atoms with Gasteiger partial charge in [0.1, 0.15) is 11.3 Å². The number of carboxylic acids is 1. The minimum Gasteiger partial charge on any atom is -0.494 e. The Labute approximate surface area is 126 Å². The van der Waals surface area contributed by atoms with E-state index in [0.717, 1.165) is 11.3 Å². The normalized spacial score (nSPS) is 13.7. The van der Waals surface area contributed by atoms with Gasteiger partial charge in [0, 0.05) is 7.11 Å². The third kappa shape index (κ3) is 5.73. The molecule has 0 saturated carbocycles. The van der Waals surface area contributed by atoms with E-state index in [1.165, 1.54) is 0 Å². The predicted molar refractivity (Wildman–Crippen MR) is 81.6 cm³/mol. The zero-order valence-corrected chi connectivity index (χ0v) is 13.0. The van der Waals surface area contributed by atoms with Gasteiger partial charge in [0.2, 0.25) is 0 Å². The summed E-state index contributed by atoms with van der Waals surface area (Å²) in [6.07, 6.45) is 1.19. The zero-order valence-electron chi connectivity index (χ0n) is 13.0. The summed E-state index contributed by atoms with van der Waals surface area (Å²) >= 11 is 0. The lowest BCUT2D eigenvalue weighted by atomic mass is 9.96. The number of rotatable bonds is 10. The zero-order chi connectivity index (χ0) is 15.7. The summed E-state index contributed by atoms with van der Waals surface area (Å²) in [5, 5.41) is 12.3. The Morgan fingerprint density at radius 3 is 2.81 bits per heavy atom. The Bertz CT molecular complexity index is 450. The first-order valence-corrected chi connectivity index (χ1v) is 7.21. The molecular weight excluding hydrogens is 270 g/mol. The van der Waals surface area contributed by atoms with Crippen molar-refractivity contribution in [2.75, 3.05) is 20.3 Å². The van der Waals surface area contributed by atoms with Crippen molar-refractivity contribution in [1.82, 2.24) is 5.32 Å². The van der Waals surface area contributed by atoms with Crippen LogP contribution in [-0.2, 0) is 16.1 Å². The van der Waals surface area contributed by atoms with Crippen LogP contribution in [0.25, 0.3) is 0 Å². The van der Waals surface area contributed by atoms with Gasteiger partial charge in [0.15, 0.2) is 0 Å². The molecule has 2 N–H and O–H groups in total. The van der Waals surface area contributed by atoms with Crippen molar-refractivity contribution in [1.29, 1.82) is 0 Å². The topological polar surface area (TPSA) is 67.8 Å². The van der Waals surface area contributed by atoms with Gasteiger partial charge >= 0.3 is 5.97 Å². The number of ether oxygens (including phenoxy) is 2. The molecule has 0 amide bonds. The fourth-order valence-electron chi connectivity index (χ4n) is 2.17. The van der Waals surface area contributed by atoms with Crippen molar-refractivity contribution in [2.45, 2.75) is 38.8 Å². The smallest absolute Gasteiger partial charge is 0.323 e. The molecule has 1 atom stereocenters. The molecule has 0 aliphatic carbocycles. The van der Waals surface area contributed by atoms with E-state index in [-0.39, 0.29) is 0 Å². The molecule has 1 unspecified atom stereocenters. The average Bonchev–Trinajstić information content (AvgIpc) is 2.45. The van der Waals surface area contributed by atoms with E-state index in [4.69, 9.17) is 9.47 Å². The summed E-state index contributed by atoms with van der Waals surface area (Å²) in [5.74, 6) is -0.0449. The second-order valence-electron chi connectivity index (χ2n) is 5.20. The van der Waals surface area contributed by atoms with Crippen LogP contribution in [0, 0.1) is 0 Å². The van der Waals surface area contributed by atoms with E-state index in [2.05, 4.69) is 5.32 Å². The fourth-order valence-corrected chi connectivity index (χ4v) is 2.17. The molecule has 0 aliphatic rings. The van der Waals surface area contributed by atoms with E-state index >= 15 is 0 Å². The molecule has 1 aromatic carbocycles. The van der Waals surface area contributed by atoms with E-state index in [9.17, 15) is 9.90 Å². The van der Waals surface area contributed by atoms with Crippen LogP contribution in [-0.4, -0.2) is 36.9 Å². The number of benzene rings is 1. The monoisotopic (exact) mass is 295 g/mol. The molecule has 5 nitrogen and oxygen atoms in total. The molecule has 0 saturated heterocycles. The number of carboxylic acid groups (broad SMARTS) is 1. The Balaban J connectivity index is 2.42. The van der Waals surface area contributed by atoms with Crippen LogP contribution in [0.3, 0.4) is 0 Å². The lowest BCUT2D eigenvalue weighted by Crippen LogP contribution is -2.49. The Kier molecular flexibility index (Phi) is 7.19. The standard InChI is InChI=1S/C16H25NO4/c1-4-17-16(2,15(18)19)9-6-10-21-14-8-5-7-13(11-14)12-20-3/h5,7-8,11,17H,4,6,9-10,12H2,1-3H3,(H,18,19). The molecule has 0 spiro atoms. The molecule has 21 heavy (non-hydrogen) atoms. The van der Waals surface area contributed by atoms with Gasteiger partial charge in [0.05, 0.1) is 13.2 Å². The molecular formula is C16H25NO4. The molecule has 1 rings (SSSR count). The van der Waals surface area contributed by atoms with Gasteiger partial charge in [-0.05, 0) is 44.0 Å². The largest absolute Gasteiger partial charge is 0.494 e. The van der Waals surface area contributed by atoms with Crippen LogP contribution in [0.2, 0.25) is 0 Å². The summed E-state index contributed by atoms with van der Waals surface area (Å²) in [7, 11) is 1.65. The third-order valence-corrected chi connectivity index (χ3v) is 3.34. The van der Waals surface area contributed by atoms with E-state index in [1.807, 2.05) is 31.2 Å². The van der Waals surface area contributed by atoms with Crippen molar-refractivity contribution in [3.63, 3.8) is 0 Å². The number of carbonyl (C=O) groups is 1. The van der Waals surface area contributed by atoms with Crippen molar-refractivity contribution < 1.29 is 19.4 Å². The Morgan fingerprint density at radius 1 is 1.43 bits per heavy atom. The summed E-state index contributed by atoms with van der Waals surface area (Å²) in [4.78, 5) is 11.3. The second kappa shape index (κ2) is 8.64. The number of methoxy groups -OCH3 is 1. The highest BCUT2D eigenvalue weighted by molar-refractivity contribution is 5.78. The third-order valence-electron chi connectivity index (χ3n) is 3.34. The van der Waals surface area contributed by atoms with Gasteiger partial charge in [-0.15, -0.1) is 0 Å². The summed E-state index contributed by atoms with van der Waals surface area (Å²) < 4.78 is 10.7. The number of hydrogen-bond acceptors (Lipinski definition) is 4. The summed E-state index contributed by atoms with van der Waals surface area (Å²) in [5.41, 5.74) is 0.161. The van der Waals surface area contributed by atoms with Gasteiger partial charge in [0.25, 0.3) is 0 Å². The van der Waals surface area contributed by atoms with Crippen LogP contribution >= 0.6 is 0 Å². The second-order valence-corrected chi connectivity index (χ2v) is 5.20. The first kappa shape index (κ1) is 17.5. The molecule has 0 heterocycles. The Morgan fingerprint density at radius 2 is 2.19 bits per heavy atom. The van der Waals surface area contributed by atoms with Crippen molar-refractivity contribution in [3.05, 3.63) is 29.8 Å². The number of hydrogen-bond donors (Lipinski definition) is 2. The fraction of sp³-hybridized carbons (Fsp3) is 0.562. The van der Waals surface area contributed by atoms with Crippen LogP contribution in [0.1, 0.15) is 32.3 Å². The van der Waals surface area contributed by atoms with E-state index in [0.29, 0.717) is 32.6 Å². The maximum atomic E-state index is 11.3. The average molecular weight is 295 g/mol. The molecule has 0 radical (unpaired) electrons. The van der Waals surface area contributed by atoms with Gasteiger partial charge in [-0.1, -0.05) is 19.1 Å². The van der Waals surface area contributed by atoms with Crippen molar-refractivity contribution >= 4 is 5.97 Å². The number of likely N-dealkylation sites (N-methyl/N-ethyl adjacent to an activating group) is 1. The molecule has 0 aromatic heterocycles. The first-order valence-electron chi connectivity index (χ1n) is 7.21. The minimum atomic E-state index is -0.893. The highest BCUT2D eigenvalue weighted by atomic mass is 16.5. The lowest BCUT2D eigenvalue weighted by Gasteiger charge is -2.25. The lowest BCUT2D eigenvalue weighted by molar-refractivity contribution is -0.144. The number of aliphatic carboxylic acids is 1. The van der Waals surface area contributed by atoms with E-state index in [1.54, 1.807) is 14.0 Å². The van der Waals surface area contributed by atoms with Gasteiger partial charge in [-0.25, -0.2) is 0 Å². The first-order chi connectivity index (χ1) is 10.0. The molecule has 118 valence electrons. The van der Waals surface area contributed by atoms with Crippen molar-refractivity contribution in [2.24, 2.45) is 0 Å². The van der Waals surface area contributed by atoms with Crippen LogP contribution in [0.4, 0.5) is 0 Å². The van der Waals surface area contributed by atoms with Crippen LogP contribution in [0.5, 0.6) is 5.75 Å². The van der Waals surface area contributed by atoms with Gasteiger partial charge < -0.3 is 19.9 Å². The van der Waals surface area contributed by atoms with Crippen LogP contribution < -0.4 is 10.1 Å². The highest BCUT2D eigenvalue weighted by Gasteiger charge is 2.31. The summed E-state index contributed by atoms with van der Waals surface area (Å²) in [6.45, 7) is 5.28.